The molecule has 2 aromatic carbocycles. The molecule has 5 heteroatoms. The molecule has 0 fully saturated rings. The molecule has 0 saturated carbocycles. The van der Waals surface area contributed by atoms with Crippen LogP contribution in [0.4, 0.5) is 0 Å². The van der Waals surface area contributed by atoms with Crippen molar-refractivity contribution < 1.29 is 13.0 Å². The smallest absolute Gasteiger partial charge is 0.125 e. The van der Waals surface area contributed by atoms with Gasteiger partial charge in [0.15, 0.2) is 0 Å². The zero-order chi connectivity index (χ0) is 17.0. The highest BCUT2D eigenvalue weighted by Crippen LogP contribution is 2.36. The lowest BCUT2D eigenvalue weighted by atomic mass is 9.87. The minimum atomic E-state index is -4.50. The molecule has 0 amide bonds. The van der Waals surface area contributed by atoms with E-state index in [0.29, 0.717) is 11.8 Å². The molecule has 0 radical (unpaired) electrons. The Labute approximate surface area is 145 Å². The van der Waals surface area contributed by atoms with Crippen LogP contribution in [0.3, 0.4) is 0 Å². The fourth-order valence-corrected chi connectivity index (χ4v) is 4.45. The van der Waals surface area contributed by atoms with Crippen molar-refractivity contribution in [1.82, 2.24) is 6.15 Å². The molecule has 24 heavy (non-hydrogen) atoms. The number of benzene rings is 2. The van der Waals surface area contributed by atoms with Gasteiger partial charge in [0.1, 0.15) is 10.1 Å². The van der Waals surface area contributed by atoms with E-state index in [2.05, 4.69) is 13.8 Å². The van der Waals surface area contributed by atoms with Gasteiger partial charge in [-0.3, -0.25) is 0 Å². The monoisotopic (exact) mass is 351 g/mol. The standard InChI is InChI=1S/C19H26O3S.H3N/c1-4-9-14-15(10-5-2)17(11-6-3)19(23(20,21)22)18-13-8-7-12-16(14)18;/h7-8,12-13H,4-6,9-11H2,1-3H3,(H,20,21,22);1H3. The highest BCUT2D eigenvalue weighted by molar-refractivity contribution is 7.86. The molecule has 0 heterocycles. The highest BCUT2D eigenvalue weighted by atomic mass is 32.2. The maximum absolute atomic E-state index is 12.0. The zero-order valence-corrected chi connectivity index (χ0v) is 16.0. The maximum atomic E-state index is 12.0. The van der Waals surface area contributed by atoms with Gasteiger partial charge in [-0.25, -0.2) is 8.42 Å². The Balaban J connectivity index is 0.00000288. The summed E-state index contributed by atoms with van der Waals surface area (Å²) in [5.74, 6) is 0. The van der Waals surface area contributed by atoms with Gasteiger partial charge in [-0.15, -0.1) is 0 Å². The summed E-state index contributed by atoms with van der Waals surface area (Å²) >= 11 is 0. The van der Waals surface area contributed by atoms with Crippen LogP contribution in [0.5, 0.6) is 0 Å². The summed E-state index contributed by atoms with van der Waals surface area (Å²) in [5.41, 5.74) is 3.07. The fourth-order valence-electron chi connectivity index (χ4n) is 3.48. The van der Waals surface area contributed by atoms with Crippen molar-refractivity contribution in [2.45, 2.75) is 64.2 Å². The van der Waals surface area contributed by atoms with E-state index in [9.17, 15) is 13.0 Å². The quantitative estimate of drug-likeness (QED) is 0.713. The van der Waals surface area contributed by atoms with Crippen molar-refractivity contribution >= 4 is 20.9 Å². The topological polar surface area (TPSA) is 93.7 Å². The predicted octanol–water partition coefficient (Wildman–Crippen LogP) is 4.98. The average molecular weight is 352 g/mol. The molecular weight excluding hydrogens is 322 g/mol. The molecule has 134 valence electrons. The first-order chi connectivity index (χ1) is 11.0. The SMILES string of the molecule is CCCc1c(CCC)c(S(=O)(=O)[O-])c2ccccc2c1CCC.[NH4+]. The summed E-state index contributed by atoms with van der Waals surface area (Å²) in [6.07, 6.45) is 5.11. The Bertz CT molecular complexity index is 798. The summed E-state index contributed by atoms with van der Waals surface area (Å²) in [6, 6.07) is 7.44. The van der Waals surface area contributed by atoms with Crippen LogP contribution in [-0.4, -0.2) is 13.0 Å². The first-order valence-electron chi connectivity index (χ1n) is 8.46. The molecule has 0 aromatic heterocycles. The number of hydrogen-bond donors (Lipinski definition) is 1. The van der Waals surface area contributed by atoms with E-state index in [1.807, 2.05) is 25.1 Å². The van der Waals surface area contributed by atoms with Crippen LogP contribution < -0.4 is 6.15 Å². The third kappa shape index (κ3) is 3.97. The van der Waals surface area contributed by atoms with Gasteiger partial charge in [0.2, 0.25) is 0 Å². The molecule has 0 aliphatic carbocycles. The van der Waals surface area contributed by atoms with Gasteiger partial charge < -0.3 is 10.7 Å². The molecule has 0 unspecified atom stereocenters. The van der Waals surface area contributed by atoms with Crippen molar-refractivity contribution in [1.29, 1.82) is 0 Å². The largest absolute Gasteiger partial charge is 0.744 e. The van der Waals surface area contributed by atoms with Crippen molar-refractivity contribution in [3.63, 3.8) is 0 Å². The van der Waals surface area contributed by atoms with Crippen molar-refractivity contribution in [2.24, 2.45) is 0 Å². The molecule has 0 bridgehead atoms. The van der Waals surface area contributed by atoms with Gasteiger partial charge in [0.05, 0.1) is 4.90 Å². The van der Waals surface area contributed by atoms with Crippen molar-refractivity contribution in [2.75, 3.05) is 0 Å². The average Bonchev–Trinajstić information content (AvgIpc) is 2.49. The third-order valence-corrected chi connectivity index (χ3v) is 5.22. The Morgan fingerprint density at radius 3 is 1.75 bits per heavy atom. The first kappa shape index (κ1) is 20.6. The van der Waals surface area contributed by atoms with Crippen molar-refractivity contribution in [3.8, 4) is 0 Å². The van der Waals surface area contributed by atoms with Gasteiger partial charge in [-0.05, 0) is 46.7 Å². The molecule has 0 aliphatic rings. The van der Waals surface area contributed by atoms with Crippen molar-refractivity contribution in [3.05, 3.63) is 41.0 Å². The van der Waals surface area contributed by atoms with E-state index in [4.69, 9.17) is 0 Å². The minimum Gasteiger partial charge on any atom is -0.744 e. The second-order valence-corrected chi connectivity index (χ2v) is 7.33. The van der Waals surface area contributed by atoms with E-state index in [1.165, 1.54) is 5.56 Å². The van der Waals surface area contributed by atoms with Crippen LogP contribution in [0.25, 0.3) is 10.8 Å². The molecule has 2 aromatic rings. The first-order valence-corrected chi connectivity index (χ1v) is 9.87. The fraction of sp³-hybridized carbons (Fsp3) is 0.474. The number of hydrogen-bond acceptors (Lipinski definition) is 3. The molecule has 2 rings (SSSR count). The van der Waals surface area contributed by atoms with Gasteiger partial charge in [0.25, 0.3) is 0 Å². The molecule has 0 saturated heterocycles. The number of aryl methyl sites for hydroxylation is 1. The molecule has 4 N–H and O–H groups in total. The van der Waals surface area contributed by atoms with Gasteiger partial charge in [-0.2, -0.15) is 0 Å². The lowest BCUT2D eigenvalue weighted by Crippen LogP contribution is -2.11. The van der Waals surface area contributed by atoms with Crippen LogP contribution in [0.1, 0.15) is 56.7 Å². The summed E-state index contributed by atoms with van der Waals surface area (Å²) in [6.45, 7) is 6.24. The molecule has 4 nitrogen and oxygen atoms in total. The van der Waals surface area contributed by atoms with Crippen LogP contribution >= 0.6 is 0 Å². The normalized spacial score (nSPS) is 11.5. The molecule has 0 aliphatic heterocycles. The van der Waals surface area contributed by atoms with Crippen LogP contribution in [-0.2, 0) is 29.4 Å². The Hall–Kier alpha value is -1.43. The molecular formula is C19H29NO3S. The van der Waals surface area contributed by atoms with E-state index < -0.39 is 10.1 Å². The second kappa shape index (κ2) is 8.60. The third-order valence-electron chi connectivity index (χ3n) is 4.25. The predicted molar refractivity (Wildman–Crippen MR) is 99.9 cm³/mol. The Morgan fingerprint density at radius 2 is 1.25 bits per heavy atom. The van der Waals surface area contributed by atoms with E-state index >= 15 is 0 Å². The second-order valence-electron chi connectivity index (χ2n) is 6.01. The van der Waals surface area contributed by atoms with Crippen LogP contribution in [0, 0.1) is 0 Å². The van der Waals surface area contributed by atoms with E-state index in [-0.39, 0.29) is 11.0 Å². The lowest BCUT2D eigenvalue weighted by Gasteiger charge is -2.23. The molecule has 0 atom stereocenters. The van der Waals surface area contributed by atoms with E-state index in [1.54, 1.807) is 6.07 Å². The van der Waals surface area contributed by atoms with Gasteiger partial charge >= 0.3 is 0 Å². The summed E-state index contributed by atoms with van der Waals surface area (Å²) in [5, 5.41) is 1.52. The van der Waals surface area contributed by atoms with Crippen LogP contribution in [0.15, 0.2) is 29.2 Å². The summed E-state index contributed by atoms with van der Waals surface area (Å²) in [4.78, 5) is 0.0123. The Morgan fingerprint density at radius 1 is 0.792 bits per heavy atom. The maximum Gasteiger partial charge on any atom is 0.125 e. The lowest BCUT2D eigenvalue weighted by molar-refractivity contribution is 0.462. The van der Waals surface area contributed by atoms with Gasteiger partial charge in [0, 0.05) is 0 Å². The highest BCUT2D eigenvalue weighted by Gasteiger charge is 2.21. The Kier molecular flexibility index (Phi) is 7.39. The molecule has 0 spiro atoms. The minimum absolute atomic E-state index is 0. The number of rotatable bonds is 7. The summed E-state index contributed by atoms with van der Waals surface area (Å²) < 4.78 is 36.0. The number of fused-ring (bicyclic) bond motifs is 1. The van der Waals surface area contributed by atoms with Crippen LogP contribution in [0.2, 0.25) is 0 Å². The van der Waals surface area contributed by atoms with Gasteiger partial charge in [-0.1, -0.05) is 64.3 Å². The zero-order valence-electron chi connectivity index (χ0n) is 15.2. The summed E-state index contributed by atoms with van der Waals surface area (Å²) in [7, 11) is -4.50. The number of quaternary nitrogens is 1. The van der Waals surface area contributed by atoms with E-state index in [0.717, 1.165) is 48.6 Å².